The van der Waals surface area contributed by atoms with Crippen molar-refractivity contribution in [1.29, 1.82) is 5.26 Å². The van der Waals surface area contributed by atoms with E-state index in [1.54, 1.807) is 6.20 Å². The Hall–Kier alpha value is -4.72. The minimum Gasteiger partial charge on any atom is -0.444 e. The summed E-state index contributed by atoms with van der Waals surface area (Å²) >= 11 is 0. The third-order valence-electron chi connectivity index (χ3n) is 7.09. The Kier molecular flexibility index (Phi) is 7.98. The number of carbonyl (C=O) groups excluding carboxylic acids is 1. The fraction of sp³-hybridized carbons (Fsp3) is 0.419. The van der Waals surface area contributed by atoms with Crippen LogP contribution < -0.4 is 15.8 Å². The van der Waals surface area contributed by atoms with Crippen LogP contribution in [0.1, 0.15) is 58.8 Å². The zero-order valence-corrected chi connectivity index (χ0v) is 24.7. The minimum absolute atomic E-state index is 0.142. The van der Waals surface area contributed by atoms with Crippen LogP contribution >= 0.6 is 0 Å². The summed E-state index contributed by atoms with van der Waals surface area (Å²) in [6.07, 6.45) is 6.33. The third kappa shape index (κ3) is 6.12. The number of hydrogen-bond acceptors (Lipinski definition) is 8. The van der Waals surface area contributed by atoms with Gasteiger partial charge in [-0.3, -0.25) is 9.36 Å². The predicted molar refractivity (Wildman–Crippen MR) is 161 cm³/mol. The summed E-state index contributed by atoms with van der Waals surface area (Å²) in [5.41, 5.74) is 2.05. The number of anilines is 1. The first-order chi connectivity index (χ1) is 20.0. The summed E-state index contributed by atoms with van der Waals surface area (Å²) in [5.74, 6) is 1.12. The standard InChI is InChI=1S/C31H36N8O3/c1-20(2)12-14-39-27-26(34-19-38(29(27)40)18-25-33-16-21-9-6-7-11-24(21)36-25)23(15-32)28(39)37-13-8-10-22(17-37)35-30(41)42-31(3,4)5/h6-7,9,11-12,16,19,22H,8,10,13-14,17-18H2,1-5H3,(H,35,41). The normalized spacial score (nSPS) is 15.4. The van der Waals surface area contributed by atoms with Crippen LogP contribution in [0.25, 0.3) is 21.9 Å². The maximum atomic E-state index is 14.0. The molecule has 0 saturated carbocycles. The molecule has 0 spiro atoms. The van der Waals surface area contributed by atoms with E-state index in [-0.39, 0.29) is 18.1 Å². The van der Waals surface area contributed by atoms with Gasteiger partial charge < -0.3 is 19.5 Å². The van der Waals surface area contributed by atoms with Gasteiger partial charge in [-0.1, -0.05) is 29.8 Å². The number of rotatable bonds is 6. The first-order valence-corrected chi connectivity index (χ1v) is 14.1. The van der Waals surface area contributed by atoms with Crippen molar-refractivity contribution in [3.8, 4) is 6.07 Å². The van der Waals surface area contributed by atoms with Gasteiger partial charge in [-0.15, -0.1) is 0 Å². The number of piperidine rings is 1. The van der Waals surface area contributed by atoms with E-state index in [4.69, 9.17) is 4.74 Å². The van der Waals surface area contributed by atoms with Crippen LogP contribution in [0.15, 0.2) is 53.2 Å². The summed E-state index contributed by atoms with van der Waals surface area (Å²) in [6.45, 7) is 11.1. The largest absolute Gasteiger partial charge is 0.444 e. The number of ether oxygens (including phenoxy) is 1. The summed E-state index contributed by atoms with van der Waals surface area (Å²) in [7, 11) is 0. The lowest BCUT2D eigenvalue weighted by atomic mass is 10.1. The van der Waals surface area contributed by atoms with Crippen molar-refractivity contribution in [2.75, 3.05) is 18.0 Å². The van der Waals surface area contributed by atoms with Crippen LogP contribution in [-0.2, 0) is 17.8 Å². The molecule has 1 aromatic carbocycles. The molecular weight excluding hydrogens is 532 g/mol. The molecule has 1 aliphatic heterocycles. The van der Waals surface area contributed by atoms with Gasteiger partial charge in [0.05, 0.1) is 18.4 Å². The van der Waals surface area contributed by atoms with Gasteiger partial charge in [-0.25, -0.2) is 19.7 Å². The van der Waals surface area contributed by atoms with Gasteiger partial charge in [0, 0.05) is 37.3 Å². The second-order valence-electron chi connectivity index (χ2n) is 11.9. The molecule has 0 aliphatic carbocycles. The molecule has 3 aromatic heterocycles. The summed E-state index contributed by atoms with van der Waals surface area (Å²) in [6, 6.07) is 9.82. The summed E-state index contributed by atoms with van der Waals surface area (Å²) < 4.78 is 8.83. The van der Waals surface area contributed by atoms with E-state index in [1.807, 2.05) is 69.5 Å². The quantitative estimate of drug-likeness (QED) is 0.336. The Labute approximate surface area is 244 Å². The number of benzene rings is 1. The van der Waals surface area contributed by atoms with Gasteiger partial charge in [0.15, 0.2) is 0 Å². The van der Waals surface area contributed by atoms with Crippen molar-refractivity contribution >= 4 is 33.8 Å². The molecule has 218 valence electrons. The van der Waals surface area contributed by atoms with Crippen LogP contribution in [0.2, 0.25) is 0 Å². The molecule has 4 aromatic rings. The monoisotopic (exact) mass is 568 g/mol. The minimum atomic E-state index is -0.605. The lowest BCUT2D eigenvalue weighted by Gasteiger charge is -2.35. The van der Waals surface area contributed by atoms with Gasteiger partial charge >= 0.3 is 6.09 Å². The number of amides is 1. The average Bonchev–Trinajstić information content (AvgIpc) is 3.26. The van der Waals surface area contributed by atoms with E-state index < -0.39 is 11.7 Å². The fourth-order valence-corrected chi connectivity index (χ4v) is 5.25. The number of carbonyl (C=O) groups is 1. The molecule has 1 saturated heterocycles. The van der Waals surface area contributed by atoms with Crippen LogP contribution in [-0.4, -0.2) is 54.9 Å². The number of nitrogens with one attached hydrogen (secondary N) is 1. The van der Waals surface area contributed by atoms with Crippen LogP contribution in [0, 0.1) is 11.3 Å². The molecule has 11 heteroatoms. The van der Waals surface area contributed by atoms with E-state index in [0.717, 1.165) is 29.3 Å². The SMILES string of the molecule is CC(C)=CCn1c(N2CCCC(NC(=O)OC(C)(C)C)C2)c(C#N)c2ncn(Cc3ncc4ccccc4n3)c(=O)c21. The van der Waals surface area contributed by atoms with E-state index in [2.05, 4.69) is 31.2 Å². The smallest absolute Gasteiger partial charge is 0.407 e. The number of nitrogens with zero attached hydrogens (tertiary/aromatic N) is 7. The average molecular weight is 569 g/mol. The first-order valence-electron chi connectivity index (χ1n) is 14.1. The van der Waals surface area contributed by atoms with Crippen molar-refractivity contribution < 1.29 is 9.53 Å². The van der Waals surface area contributed by atoms with Gasteiger partial charge in [0.2, 0.25) is 0 Å². The van der Waals surface area contributed by atoms with Crippen molar-refractivity contribution in [1.82, 2.24) is 29.4 Å². The highest BCUT2D eigenvalue weighted by molar-refractivity contribution is 5.89. The number of fused-ring (bicyclic) bond motifs is 2. The van der Waals surface area contributed by atoms with Gasteiger partial charge in [-0.05, 0) is 53.5 Å². The lowest BCUT2D eigenvalue weighted by molar-refractivity contribution is 0.0500. The maximum Gasteiger partial charge on any atom is 0.407 e. The van der Waals surface area contributed by atoms with Crippen molar-refractivity contribution in [3.63, 3.8) is 0 Å². The van der Waals surface area contributed by atoms with Crippen LogP contribution in [0.5, 0.6) is 0 Å². The topological polar surface area (TPSA) is 131 Å². The number of para-hydroxylation sites is 1. The molecule has 1 fully saturated rings. The zero-order chi connectivity index (χ0) is 30.0. The Morgan fingerprint density at radius 1 is 1.24 bits per heavy atom. The Bertz CT molecular complexity index is 1770. The summed E-state index contributed by atoms with van der Waals surface area (Å²) in [4.78, 5) is 42.2. The molecule has 42 heavy (non-hydrogen) atoms. The highest BCUT2D eigenvalue weighted by Crippen LogP contribution is 2.32. The molecule has 5 rings (SSSR count). The van der Waals surface area contributed by atoms with Gasteiger partial charge in [-0.2, -0.15) is 5.26 Å². The molecule has 11 nitrogen and oxygen atoms in total. The first kappa shape index (κ1) is 28.8. The van der Waals surface area contributed by atoms with Gasteiger partial charge in [0.1, 0.15) is 39.9 Å². The zero-order valence-electron chi connectivity index (χ0n) is 24.7. The van der Waals surface area contributed by atoms with Crippen molar-refractivity contribution in [2.24, 2.45) is 0 Å². The van der Waals surface area contributed by atoms with E-state index >= 15 is 0 Å². The van der Waals surface area contributed by atoms with Crippen molar-refractivity contribution in [2.45, 2.75) is 72.2 Å². The Morgan fingerprint density at radius 3 is 2.76 bits per heavy atom. The third-order valence-corrected chi connectivity index (χ3v) is 7.09. The molecule has 1 aliphatic rings. The molecule has 1 atom stereocenters. The van der Waals surface area contributed by atoms with E-state index in [9.17, 15) is 14.9 Å². The van der Waals surface area contributed by atoms with Crippen LogP contribution in [0.3, 0.4) is 0 Å². The molecule has 4 heterocycles. The van der Waals surface area contributed by atoms with Crippen LogP contribution in [0.4, 0.5) is 10.6 Å². The molecule has 0 radical (unpaired) electrons. The second kappa shape index (κ2) is 11.6. The van der Waals surface area contributed by atoms with Gasteiger partial charge in [0.25, 0.3) is 5.56 Å². The predicted octanol–water partition coefficient (Wildman–Crippen LogP) is 4.52. The number of aromatic nitrogens is 5. The Balaban J connectivity index is 1.55. The molecule has 1 unspecified atom stereocenters. The highest BCUT2D eigenvalue weighted by Gasteiger charge is 2.30. The summed E-state index contributed by atoms with van der Waals surface area (Å²) in [5, 5.41) is 14.2. The number of hydrogen-bond donors (Lipinski definition) is 1. The molecule has 1 N–H and O–H groups in total. The highest BCUT2D eigenvalue weighted by atomic mass is 16.6. The maximum absolute atomic E-state index is 14.0. The second-order valence-corrected chi connectivity index (χ2v) is 11.9. The fourth-order valence-electron chi connectivity index (χ4n) is 5.25. The van der Waals surface area contributed by atoms with Crippen molar-refractivity contribution in [3.05, 3.63) is 70.2 Å². The lowest BCUT2D eigenvalue weighted by Crippen LogP contribution is -2.49. The Morgan fingerprint density at radius 2 is 2.02 bits per heavy atom. The number of nitriles is 1. The molecular formula is C31H36N8O3. The van der Waals surface area contributed by atoms with E-state index in [1.165, 1.54) is 10.9 Å². The number of alkyl carbamates (subject to hydrolysis) is 1. The van der Waals surface area contributed by atoms with E-state index in [0.29, 0.717) is 47.9 Å². The molecule has 1 amide bonds. The number of allylic oxidation sites excluding steroid dienone is 2. The molecule has 0 bridgehead atoms.